The van der Waals surface area contributed by atoms with Gasteiger partial charge in [-0.15, -0.1) is 0 Å². The molecule has 3 aromatic carbocycles. The van der Waals surface area contributed by atoms with Crippen LogP contribution in [0.1, 0.15) is 27.8 Å². The molecule has 0 aromatic heterocycles. The largest absolute Gasteiger partial charge is 0.496 e. The first-order valence-electron chi connectivity index (χ1n) is 8.98. The van der Waals surface area contributed by atoms with E-state index in [1.165, 1.54) is 0 Å². The summed E-state index contributed by atoms with van der Waals surface area (Å²) in [6, 6.07) is 19.1. The first-order valence-corrected chi connectivity index (χ1v) is 8.98. The summed E-state index contributed by atoms with van der Waals surface area (Å²) >= 11 is 0. The highest BCUT2D eigenvalue weighted by Crippen LogP contribution is 2.27. The van der Waals surface area contributed by atoms with Crippen LogP contribution in [0.3, 0.4) is 0 Å². The molecule has 0 saturated heterocycles. The van der Waals surface area contributed by atoms with Gasteiger partial charge in [-0.25, -0.2) is 0 Å². The smallest absolute Gasteiger partial charge is 0.126 e. The molecule has 0 unspecified atom stereocenters. The molecule has 3 rings (SSSR count). The van der Waals surface area contributed by atoms with Crippen LogP contribution in [-0.4, -0.2) is 12.2 Å². The van der Waals surface area contributed by atoms with Crippen molar-refractivity contribution in [3.8, 4) is 5.75 Å². The van der Waals surface area contributed by atoms with Crippen molar-refractivity contribution in [1.29, 1.82) is 0 Å². The van der Waals surface area contributed by atoms with Gasteiger partial charge < -0.3 is 21.3 Å². The Labute approximate surface area is 165 Å². The van der Waals surface area contributed by atoms with E-state index in [2.05, 4.69) is 0 Å². The van der Waals surface area contributed by atoms with E-state index in [1.54, 1.807) is 7.11 Å². The Morgan fingerprint density at radius 2 is 1.25 bits per heavy atom. The Morgan fingerprint density at radius 1 is 0.750 bits per heavy atom. The van der Waals surface area contributed by atoms with Crippen molar-refractivity contribution in [2.45, 2.75) is 6.61 Å². The van der Waals surface area contributed by atoms with Crippen LogP contribution in [-0.2, 0) is 6.61 Å². The first-order chi connectivity index (χ1) is 13.6. The molecule has 28 heavy (non-hydrogen) atoms. The Kier molecular flexibility index (Phi) is 6.14. The predicted molar refractivity (Wildman–Crippen MR) is 118 cm³/mol. The molecule has 0 atom stereocenters. The Bertz CT molecular complexity index is 905. The van der Waals surface area contributed by atoms with Gasteiger partial charge in [0.05, 0.1) is 13.7 Å². The van der Waals surface area contributed by atoms with Crippen LogP contribution >= 0.6 is 0 Å². The molecular formula is C24H24N2O2. The minimum absolute atomic E-state index is 0.0614. The van der Waals surface area contributed by atoms with Gasteiger partial charge in [-0.3, -0.25) is 0 Å². The fourth-order valence-corrected chi connectivity index (χ4v) is 2.84. The molecular weight excluding hydrogens is 348 g/mol. The van der Waals surface area contributed by atoms with Crippen LogP contribution in [0.4, 0.5) is 11.4 Å². The highest BCUT2D eigenvalue weighted by Gasteiger charge is 2.07. The lowest BCUT2D eigenvalue weighted by atomic mass is 10.0. The molecule has 0 amide bonds. The number of aliphatic hydroxyl groups is 1. The highest BCUT2D eigenvalue weighted by molar-refractivity contribution is 5.78. The summed E-state index contributed by atoms with van der Waals surface area (Å²) in [5.41, 5.74) is 17.6. The van der Waals surface area contributed by atoms with Crippen molar-refractivity contribution < 1.29 is 9.84 Å². The van der Waals surface area contributed by atoms with Gasteiger partial charge >= 0.3 is 0 Å². The molecule has 5 N–H and O–H groups in total. The number of ether oxygens (including phenoxy) is 1. The Balaban J connectivity index is 1.90. The number of benzene rings is 3. The molecule has 4 nitrogen and oxygen atoms in total. The van der Waals surface area contributed by atoms with Crippen LogP contribution in [0.5, 0.6) is 5.75 Å². The van der Waals surface area contributed by atoms with Gasteiger partial charge in [0.1, 0.15) is 5.75 Å². The summed E-state index contributed by atoms with van der Waals surface area (Å²) in [6.45, 7) is -0.0614. The average Bonchev–Trinajstić information content (AvgIpc) is 2.72. The zero-order valence-electron chi connectivity index (χ0n) is 15.8. The van der Waals surface area contributed by atoms with Crippen molar-refractivity contribution in [2.24, 2.45) is 0 Å². The third-order valence-electron chi connectivity index (χ3n) is 4.45. The molecule has 0 spiro atoms. The van der Waals surface area contributed by atoms with E-state index in [4.69, 9.17) is 16.2 Å². The van der Waals surface area contributed by atoms with Gasteiger partial charge in [0.25, 0.3) is 0 Å². The molecule has 0 fully saturated rings. The molecule has 3 aromatic rings. The number of rotatable bonds is 6. The lowest BCUT2D eigenvalue weighted by molar-refractivity contribution is 0.281. The van der Waals surface area contributed by atoms with Gasteiger partial charge in [-0.2, -0.15) is 0 Å². The third-order valence-corrected chi connectivity index (χ3v) is 4.45. The normalized spacial score (nSPS) is 11.4. The summed E-state index contributed by atoms with van der Waals surface area (Å²) in [4.78, 5) is 0. The predicted octanol–water partition coefficient (Wildman–Crippen LogP) is 4.69. The van der Waals surface area contributed by atoms with E-state index in [9.17, 15) is 5.11 Å². The highest BCUT2D eigenvalue weighted by atomic mass is 16.5. The SMILES string of the molecule is COc1cc(C=Cc2ccc(N)cc2)c(CO)cc1C=Cc1ccc(N)cc1. The maximum absolute atomic E-state index is 9.83. The number of hydrogen-bond acceptors (Lipinski definition) is 4. The topological polar surface area (TPSA) is 81.5 Å². The van der Waals surface area contributed by atoms with Gasteiger partial charge in [0, 0.05) is 16.9 Å². The van der Waals surface area contributed by atoms with Gasteiger partial charge in [0.15, 0.2) is 0 Å². The number of aliphatic hydroxyl groups excluding tert-OH is 1. The van der Waals surface area contributed by atoms with Crippen molar-refractivity contribution >= 4 is 35.7 Å². The van der Waals surface area contributed by atoms with Crippen molar-refractivity contribution in [2.75, 3.05) is 18.6 Å². The number of anilines is 2. The van der Waals surface area contributed by atoms with Crippen LogP contribution in [0.2, 0.25) is 0 Å². The minimum Gasteiger partial charge on any atom is -0.496 e. The summed E-state index contributed by atoms with van der Waals surface area (Å²) in [7, 11) is 1.64. The van der Waals surface area contributed by atoms with Gasteiger partial charge in [-0.1, -0.05) is 48.6 Å². The van der Waals surface area contributed by atoms with Crippen LogP contribution in [0, 0.1) is 0 Å². The van der Waals surface area contributed by atoms with Gasteiger partial charge in [0.2, 0.25) is 0 Å². The number of nitrogens with two attached hydrogens (primary N) is 2. The lowest BCUT2D eigenvalue weighted by Gasteiger charge is -2.11. The van der Waals surface area contributed by atoms with Gasteiger partial charge in [-0.05, 0) is 58.7 Å². The zero-order chi connectivity index (χ0) is 19.9. The second-order valence-corrected chi connectivity index (χ2v) is 6.45. The Hall–Kier alpha value is -3.50. The first kappa shape index (κ1) is 19.3. The van der Waals surface area contributed by atoms with Crippen LogP contribution < -0.4 is 16.2 Å². The average molecular weight is 372 g/mol. The molecule has 0 aliphatic heterocycles. The second-order valence-electron chi connectivity index (χ2n) is 6.45. The minimum atomic E-state index is -0.0614. The van der Waals surface area contributed by atoms with E-state index < -0.39 is 0 Å². The molecule has 0 aliphatic carbocycles. The maximum Gasteiger partial charge on any atom is 0.126 e. The fourth-order valence-electron chi connectivity index (χ4n) is 2.84. The summed E-state index contributed by atoms with van der Waals surface area (Å²) in [5.74, 6) is 0.737. The third kappa shape index (κ3) is 4.81. The van der Waals surface area contributed by atoms with E-state index in [1.807, 2.05) is 85.0 Å². The standard InChI is InChI=1S/C24H24N2O2/c1-28-24-15-19(8-2-17-4-10-22(25)11-5-17)21(16-27)14-20(24)9-3-18-6-12-23(26)13-7-18/h2-15,27H,16,25-26H2,1H3. The van der Waals surface area contributed by atoms with Crippen molar-refractivity contribution in [3.63, 3.8) is 0 Å². The fraction of sp³-hybridized carbons (Fsp3) is 0.0833. The van der Waals surface area contributed by atoms with Crippen molar-refractivity contribution in [3.05, 3.63) is 88.5 Å². The summed E-state index contributed by atoms with van der Waals surface area (Å²) < 4.78 is 5.56. The van der Waals surface area contributed by atoms with E-state index in [-0.39, 0.29) is 6.61 Å². The molecule has 0 radical (unpaired) electrons. The van der Waals surface area contributed by atoms with E-state index in [0.29, 0.717) is 0 Å². The number of methoxy groups -OCH3 is 1. The molecule has 142 valence electrons. The second kappa shape index (κ2) is 8.93. The molecule has 4 heteroatoms. The number of hydrogen-bond donors (Lipinski definition) is 3. The zero-order valence-corrected chi connectivity index (χ0v) is 15.8. The quantitative estimate of drug-likeness (QED) is 0.433. The maximum atomic E-state index is 9.83. The molecule has 0 aliphatic rings. The summed E-state index contributed by atoms with van der Waals surface area (Å²) in [5, 5.41) is 9.83. The molecule has 0 heterocycles. The van der Waals surface area contributed by atoms with E-state index in [0.717, 1.165) is 44.9 Å². The molecule has 0 saturated carbocycles. The van der Waals surface area contributed by atoms with Crippen LogP contribution in [0.25, 0.3) is 24.3 Å². The summed E-state index contributed by atoms with van der Waals surface area (Å²) in [6.07, 6.45) is 7.91. The van der Waals surface area contributed by atoms with E-state index >= 15 is 0 Å². The lowest BCUT2D eigenvalue weighted by Crippen LogP contribution is -1.94. The van der Waals surface area contributed by atoms with Crippen LogP contribution in [0.15, 0.2) is 60.7 Å². The van der Waals surface area contributed by atoms with Crippen molar-refractivity contribution in [1.82, 2.24) is 0 Å². The number of nitrogen functional groups attached to an aromatic ring is 2. The monoisotopic (exact) mass is 372 g/mol. The molecule has 0 bridgehead atoms. The Morgan fingerprint density at radius 3 is 1.71 bits per heavy atom.